The number of hydrogen-bond donors (Lipinski definition) is 3. The third kappa shape index (κ3) is 3.94. The van der Waals surface area contributed by atoms with Crippen molar-refractivity contribution in [3.8, 4) is 0 Å². The Morgan fingerprint density at radius 2 is 2.12 bits per heavy atom. The highest BCUT2D eigenvalue weighted by Gasteiger charge is 2.28. The Morgan fingerprint density at radius 1 is 1.38 bits per heavy atom. The molecule has 0 bridgehead atoms. The fourth-order valence-corrected chi connectivity index (χ4v) is 3.02. The van der Waals surface area contributed by atoms with Crippen molar-refractivity contribution in [3.05, 3.63) is 40.6 Å². The molecular weight excluding hydrogens is 340 g/mol. The second-order valence-electron chi connectivity index (χ2n) is 6.28. The number of rotatable bonds is 6. The largest absolute Gasteiger partial charge is 0.479 e. The number of carboxylic acids is 1. The molecule has 3 N–H and O–H groups in total. The van der Waals surface area contributed by atoms with Crippen LogP contribution in [0.5, 0.6) is 0 Å². The quantitative estimate of drug-likeness (QED) is 0.701. The number of ether oxygens (including phenoxy) is 1. The first kappa shape index (κ1) is 18.2. The molecule has 1 fully saturated rings. The monoisotopic (exact) mass is 362 g/mol. The number of aromatic amines is 1. The first-order valence-corrected chi connectivity index (χ1v) is 8.38. The van der Waals surface area contributed by atoms with Crippen molar-refractivity contribution in [3.63, 3.8) is 0 Å². The molecule has 3 heterocycles. The first-order chi connectivity index (χ1) is 12.5. The molecule has 2 aromatic rings. The van der Waals surface area contributed by atoms with Crippen LogP contribution in [0.2, 0.25) is 0 Å². The van der Waals surface area contributed by atoms with E-state index in [0.29, 0.717) is 48.0 Å². The zero-order valence-corrected chi connectivity index (χ0v) is 14.7. The summed E-state index contributed by atoms with van der Waals surface area (Å²) in [5.74, 6) is -1.00. The summed E-state index contributed by atoms with van der Waals surface area (Å²) in [6, 6.07) is 0.456. The minimum Gasteiger partial charge on any atom is -0.479 e. The molecule has 3 rings (SSSR count). The van der Waals surface area contributed by atoms with E-state index in [1.54, 1.807) is 19.9 Å². The van der Waals surface area contributed by atoms with E-state index in [0.717, 1.165) is 13.1 Å². The maximum Gasteiger partial charge on any atom is 0.331 e. The highest BCUT2D eigenvalue weighted by atomic mass is 16.5. The van der Waals surface area contributed by atoms with Gasteiger partial charge in [0.1, 0.15) is 12.0 Å². The summed E-state index contributed by atoms with van der Waals surface area (Å²) in [5, 5.41) is 18.8. The van der Waals surface area contributed by atoms with Gasteiger partial charge in [0.05, 0.1) is 31.0 Å². The summed E-state index contributed by atoms with van der Waals surface area (Å²) in [5.41, 5.74) is 1.90. The highest BCUT2D eigenvalue weighted by Crippen LogP contribution is 2.21. The van der Waals surface area contributed by atoms with Gasteiger partial charge >= 0.3 is 5.97 Å². The van der Waals surface area contributed by atoms with Crippen LogP contribution in [0.15, 0.2) is 16.7 Å². The van der Waals surface area contributed by atoms with Gasteiger partial charge in [-0.3, -0.25) is 14.8 Å². The van der Waals surface area contributed by atoms with Crippen molar-refractivity contribution < 1.29 is 23.8 Å². The van der Waals surface area contributed by atoms with Gasteiger partial charge in [0.25, 0.3) is 5.91 Å². The Hall–Kier alpha value is -2.65. The minimum absolute atomic E-state index is 0.290. The molecule has 0 aromatic carbocycles. The van der Waals surface area contributed by atoms with Crippen molar-refractivity contribution in [1.29, 1.82) is 0 Å². The molecule has 0 saturated carbocycles. The van der Waals surface area contributed by atoms with Gasteiger partial charge in [0.2, 0.25) is 0 Å². The zero-order valence-electron chi connectivity index (χ0n) is 14.7. The number of carbonyl (C=O) groups excluding carboxylic acids is 1. The van der Waals surface area contributed by atoms with E-state index in [9.17, 15) is 14.7 Å². The lowest BCUT2D eigenvalue weighted by atomic mass is 10.0. The average molecular weight is 362 g/mol. The molecule has 26 heavy (non-hydrogen) atoms. The Bertz CT molecular complexity index is 771. The average Bonchev–Trinajstić information content (AvgIpc) is 3.20. The van der Waals surface area contributed by atoms with Crippen molar-refractivity contribution in [2.24, 2.45) is 0 Å². The number of aromatic nitrogens is 2. The van der Waals surface area contributed by atoms with Gasteiger partial charge in [-0.05, 0) is 19.9 Å². The second kappa shape index (κ2) is 7.71. The molecule has 0 spiro atoms. The van der Waals surface area contributed by atoms with Crippen LogP contribution in [0.25, 0.3) is 0 Å². The van der Waals surface area contributed by atoms with Gasteiger partial charge in [0.15, 0.2) is 6.04 Å². The van der Waals surface area contributed by atoms with E-state index in [4.69, 9.17) is 9.15 Å². The summed E-state index contributed by atoms with van der Waals surface area (Å²) in [6.07, 6.45) is 1.35. The third-order valence-corrected chi connectivity index (χ3v) is 4.40. The number of H-pyrrole nitrogens is 1. The van der Waals surface area contributed by atoms with Crippen molar-refractivity contribution in [2.75, 3.05) is 26.3 Å². The fraction of sp³-hybridized carbons (Fsp3) is 0.471. The van der Waals surface area contributed by atoms with Crippen LogP contribution >= 0.6 is 0 Å². The lowest BCUT2D eigenvalue weighted by molar-refractivity contribution is -0.139. The van der Waals surface area contributed by atoms with Crippen molar-refractivity contribution in [2.45, 2.75) is 26.4 Å². The number of aryl methyl sites for hydroxylation is 2. The molecule has 1 amide bonds. The van der Waals surface area contributed by atoms with Crippen LogP contribution in [0, 0.1) is 13.8 Å². The molecule has 1 aliphatic heterocycles. The molecule has 9 heteroatoms. The number of nitrogens with zero attached hydrogens (tertiary/aromatic N) is 2. The molecule has 0 aliphatic carbocycles. The number of carboxylic acid groups (broad SMARTS) is 1. The Balaban J connectivity index is 1.69. The summed E-state index contributed by atoms with van der Waals surface area (Å²) in [7, 11) is 0. The molecular formula is C17H22N4O5. The molecule has 9 nitrogen and oxygen atoms in total. The van der Waals surface area contributed by atoms with E-state index >= 15 is 0 Å². The summed E-state index contributed by atoms with van der Waals surface area (Å²) in [6.45, 7) is 6.97. The summed E-state index contributed by atoms with van der Waals surface area (Å²) < 4.78 is 10.8. The maximum atomic E-state index is 12.5. The zero-order chi connectivity index (χ0) is 18.7. The Labute approximate surface area is 150 Å². The molecule has 0 unspecified atom stereocenters. The van der Waals surface area contributed by atoms with Crippen LogP contribution in [0.4, 0.5) is 0 Å². The molecule has 140 valence electrons. The number of nitrogens with one attached hydrogen (secondary N) is 2. The highest BCUT2D eigenvalue weighted by molar-refractivity contribution is 5.96. The number of amides is 1. The van der Waals surface area contributed by atoms with Gasteiger partial charge in [-0.1, -0.05) is 0 Å². The van der Waals surface area contributed by atoms with Gasteiger partial charge < -0.3 is 19.6 Å². The summed E-state index contributed by atoms with van der Waals surface area (Å²) >= 11 is 0. The number of hydrogen-bond acceptors (Lipinski definition) is 6. The van der Waals surface area contributed by atoms with Crippen LogP contribution in [-0.4, -0.2) is 58.4 Å². The fourth-order valence-electron chi connectivity index (χ4n) is 3.02. The number of furan rings is 1. The van der Waals surface area contributed by atoms with E-state index in [-0.39, 0.29) is 0 Å². The summed E-state index contributed by atoms with van der Waals surface area (Å²) in [4.78, 5) is 26.3. The number of aliphatic carboxylic acids is 1. The first-order valence-electron chi connectivity index (χ1n) is 8.38. The van der Waals surface area contributed by atoms with E-state index in [2.05, 4.69) is 20.4 Å². The van der Waals surface area contributed by atoms with Gasteiger partial charge in [0, 0.05) is 24.3 Å². The SMILES string of the molecule is Cc1n[nH]c(C)c1[C@H](NC(=O)c1coc(CN2CCOCC2)c1)C(=O)O. The molecule has 1 atom stereocenters. The predicted molar refractivity (Wildman–Crippen MR) is 90.7 cm³/mol. The van der Waals surface area contributed by atoms with Gasteiger partial charge in [-0.2, -0.15) is 5.10 Å². The standard InChI is InChI=1S/C17H22N4O5/c1-10-14(11(2)20-19-10)15(17(23)24)18-16(22)12-7-13(26-9-12)8-21-3-5-25-6-4-21/h7,9,15H,3-6,8H2,1-2H3,(H,18,22)(H,19,20)(H,23,24)/t15-/m0/s1. The van der Waals surface area contributed by atoms with Gasteiger partial charge in [-0.15, -0.1) is 0 Å². The molecule has 2 aromatic heterocycles. The topological polar surface area (TPSA) is 121 Å². The predicted octanol–water partition coefficient (Wildman–Crippen LogP) is 1.01. The van der Waals surface area contributed by atoms with Crippen molar-refractivity contribution >= 4 is 11.9 Å². The van der Waals surface area contributed by atoms with Crippen LogP contribution in [0.3, 0.4) is 0 Å². The van der Waals surface area contributed by atoms with E-state index in [1.165, 1.54) is 6.26 Å². The maximum absolute atomic E-state index is 12.5. The van der Waals surface area contributed by atoms with Crippen LogP contribution in [0.1, 0.15) is 39.1 Å². The third-order valence-electron chi connectivity index (χ3n) is 4.40. The van der Waals surface area contributed by atoms with E-state index < -0.39 is 17.9 Å². The van der Waals surface area contributed by atoms with Crippen molar-refractivity contribution in [1.82, 2.24) is 20.4 Å². The van der Waals surface area contributed by atoms with E-state index in [1.807, 2.05) is 0 Å². The van der Waals surface area contributed by atoms with Crippen LogP contribution < -0.4 is 5.32 Å². The number of morpholine rings is 1. The lowest BCUT2D eigenvalue weighted by Gasteiger charge is -2.25. The Morgan fingerprint density at radius 3 is 2.73 bits per heavy atom. The minimum atomic E-state index is -1.18. The lowest BCUT2D eigenvalue weighted by Crippen LogP contribution is -2.35. The number of carbonyl (C=O) groups is 2. The Kier molecular flexibility index (Phi) is 5.38. The normalized spacial score (nSPS) is 16.4. The van der Waals surface area contributed by atoms with Crippen LogP contribution in [-0.2, 0) is 16.1 Å². The second-order valence-corrected chi connectivity index (χ2v) is 6.28. The molecule has 1 aliphatic rings. The smallest absolute Gasteiger partial charge is 0.331 e. The molecule has 0 radical (unpaired) electrons. The molecule has 1 saturated heterocycles. The van der Waals surface area contributed by atoms with Gasteiger partial charge in [-0.25, -0.2) is 4.79 Å².